The predicted molar refractivity (Wildman–Crippen MR) is 98.9 cm³/mol. The Balaban J connectivity index is 1.49. The molecule has 1 unspecified atom stereocenters. The third kappa shape index (κ3) is 4.64. The number of amides is 2. The van der Waals surface area contributed by atoms with Crippen LogP contribution in [0.15, 0.2) is 24.3 Å². The number of hydrogen-bond donors (Lipinski definition) is 1. The molecule has 0 spiro atoms. The molecule has 0 bridgehead atoms. The number of benzene rings is 1. The summed E-state index contributed by atoms with van der Waals surface area (Å²) in [5, 5.41) is 2.87. The van der Waals surface area contributed by atoms with Crippen LogP contribution in [0.2, 0.25) is 0 Å². The third-order valence-corrected chi connectivity index (χ3v) is 5.12. The molecule has 0 saturated carbocycles. The smallest absolute Gasteiger partial charge is 0.317 e. The molecule has 138 valence electrons. The number of urea groups is 1. The van der Waals surface area contributed by atoms with Gasteiger partial charge in [-0.05, 0) is 19.9 Å². The van der Waals surface area contributed by atoms with Gasteiger partial charge in [0.2, 0.25) is 0 Å². The van der Waals surface area contributed by atoms with E-state index in [0.717, 1.165) is 58.1 Å². The highest BCUT2D eigenvalue weighted by Gasteiger charge is 2.26. The molecule has 1 aromatic carbocycles. The summed E-state index contributed by atoms with van der Waals surface area (Å²) in [6, 6.07) is 8.91. The van der Waals surface area contributed by atoms with Crippen molar-refractivity contribution in [2.45, 2.75) is 26.4 Å². The van der Waals surface area contributed by atoms with Crippen LogP contribution in [0, 0.1) is 0 Å². The fraction of sp³-hybridized carbons (Fsp3) is 0.632. The highest BCUT2D eigenvalue weighted by molar-refractivity contribution is 5.76. The Morgan fingerprint density at radius 3 is 2.76 bits per heavy atom. The molecule has 0 aromatic heterocycles. The maximum atomic E-state index is 11.6. The van der Waals surface area contributed by atoms with Gasteiger partial charge in [0.25, 0.3) is 0 Å². The number of rotatable bonds is 7. The van der Waals surface area contributed by atoms with Gasteiger partial charge in [-0.25, -0.2) is 4.79 Å². The van der Waals surface area contributed by atoms with E-state index >= 15 is 0 Å². The molecule has 25 heavy (non-hydrogen) atoms. The van der Waals surface area contributed by atoms with Crippen molar-refractivity contribution in [1.29, 1.82) is 0 Å². The van der Waals surface area contributed by atoms with Gasteiger partial charge < -0.3 is 15.0 Å². The molecule has 0 radical (unpaired) electrons. The van der Waals surface area contributed by atoms with Crippen molar-refractivity contribution in [2.24, 2.45) is 0 Å². The van der Waals surface area contributed by atoms with Crippen LogP contribution in [0.3, 0.4) is 0 Å². The number of hydrogen-bond acceptors (Lipinski definition) is 4. The predicted octanol–water partition coefficient (Wildman–Crippen LogP) is 1.62. The second-order valence-corrected chi connectivity index (χ2v) is 6.88. The van der Waals surface area contributed by atoms with Crippen molar-refractivity contribution in [2.75, 3.05) is 52.4 Å². The van der Waals surface area contributed by atoms with Gasteiger partial charge in [-0.1, -0.05) is 18.2 Å². The quantitative estimate of drug-likeness (QED) is 0.815. The van der Waals surface area contributed by atoms with Crippen LogP contribution in [0.1, 0.15) is 19.4 Å². The normalized spacial score (nSPS) is 22.2. The molecule has 1 N–H and O–H groups in total. The van der Waals surface area contributed by atoms with Gasteiger partial charge in [-0.2, -0.15) is 0 Å². The molecule has 2 heterocycles. The first kappa shape index (κ1) is 18.0. The molecular weight excluding hydrogens is 316 g/mol. The lowest BCUT2D eigenvalue weighted by molar-refractivity contribution is 0.0733. The zero-order valence-corrected chi connectivity index (χ0v) is 15.4. The van der Waals surface area contributed by atoms with Crippen molar-refractivity contribution in [3.05, 3.63) is 29.8 Å². The minimum atomic E-state index is 0.0822. The molecule has 2 aliphatic rings. The summed E-state index contributed by atoms with van der Waals surface area (Å²) in [4.78, 5) is 18.6. The van der Waals surface area contributed by atoms with Gasteiger partial charge >= 0.3 is 6.03 Å². The summed E-state index contributed by atoms with van der Waals surface area (Å²) in [6.07, 6.45) is 0. The van der Waals surface area contributed by atoms with E-state index in [1.165, 1.54) is 5.56 Å². The van der Waals surface area contributed by atoms with Gasteiger partial charge in [-0.15, -0.1) is 0 Å². The molecule has 0 aliphatic carbocycles. The van der Waals surface area contributed by atoms with E-state index in [-0.39, 0.29) is 6.03 Å². The van der Waals surface area contributed by atoms with Gasteiger partial charge in [0, 0.05) is 64.0 Å². The molecule has 3 rings (SSSR count). The largest absolute Gasteiger partial charge is 0.494 e. The van der Waals surface area contributed by atoms with E-state index in [2.05, 4.69) is 40.2 Å². The molecule has 2 saturated heterocycles. The van der Waals surface area contributed by atoms with Crippen molar-refractivity contribution in [3.63, 3.8) is 0 Å². The monoisotopic (exact) mass is 346 g/mol. The van der Waals surface area contributed by atoms with Crippen LogP contribution in [-0.2, 0) is 6.54 Å². The van der Waals surface area contributed by atoms with Gasteiger partial charge in [-0.3, -0.25) is 9.80 Å². The summed E-state index contributed by atoms with van der Waals surface area (Å²) < 4.78 is 5.75. The molecule has 6 nitrogen and oxygen atoms in total. The number of ether oxygens (including phenoxy) is 1. The van der Waals surface area contributed by atoms with Crippen LogP contribution >= 0.6 is 0 Å². The number of carbonyl (C=O) groups excluding carboxylic acids is 1. The van der Waals surface area contributed by atoms with E-state index in [4.69, 9.17) is 4.74 Å². The molecule has 6 heteroatoms. The van der Waals surface area contributed by atoms with E-state index in [9.17, 15) is 4.79 Å². The minimum Gasteiger partial charge on any atom is -0.494 e. The first-order valence-corrected chi connectivity index (χ1v) is 9.37. The fourth-order valence-corrected chi connectivity index (χ4v) is 3.69. The number of nitrogens with one attached hydrogen (secondary N) is 1. The first-order chi connectivity index (χ1) is 12.2. The zero-order chi connectivity index (χ0) is 17.6. The summed E-state index contributed by atoms with van der Waals surface area (Å²) in [6.45, 7) is 12.5. The van der Waals surface area contributed by atoms with E-state index in [0.29, 0.717) is 12.6 Å². The Labute approximate surface area is 150 Å². The zero-order valence-electron chi connectivity index (χ0n) is 15.4. The Morgan fingerprint density at radius 1 is 1.20 bits per heavy atom. The van der Waals surface area contributed by atoms with Crippen LogP contribution in [0.5, 0.6) is 5.75 Å². The van der Waals surface area contributed by atoms with Crippen molar-refractivity contribution in [1.82, 2.24) is 20.0 Å². The highest BCUT2D eigenvalue weighted by Crippen LogP contribution is 2.21. The number of nitrogens with zero attached hydrogens (tertiary/aromatic N) is 3. The first-order valence-electron chi connectivity index (χ1n) is 9.37. The second-order valence-electron chi connectivity index (χ2n) is 6.88. The van der Waals surface area contributed by atoms with Crippen LogP contribution in [0.25, 0.3) is 0 Å². The summed E-state index contributed by atoms with van der Waals surface area (Å²) in [7, 11) is 0. The topological polar surface area (TPSA) is 48.1 Å². The molecule has 1 aromatic rings. The molecule has 2 fully saturated rings. The maximum absolute atomic E-state index is 11.6. The van der Waals surface area contributed by atoms with Crippen LogP contribution in [0.4, 0.5) is 4.79 Å². The molecular formula is C19H30N4O2. The number of para-hydroxylation sites is 1. The van der Waals surface area contributed by atoms with Gasteiger partial charge in [0.1, 0.15) is 5.75 Å². The molecule has 2 amide bonds. The third-order valence-electron chi connectivity index (χ3n) is 5.12. The lowest BCUT2D eigenvalue weighted by Gasteiger charge is -2.40. The van der Waals surface area contributed by atoms with Crippen molar-refractivity contribution >= 4 is 6.03 Å². The average Bonchev–Trinajstić information content (AvgIpc) is 3.01. The summed E-state index contributed by atoms with van der Waals surface area (Å²) in [5.74, 6) is 1.00. The maximum Gasteiger partial charge on any atom is 0.317 e. The molecule has 2 aliphatic heterocycles. The van der Waals surface area contributed by atoms with Crippen molar-refractivity contribution < 1.29 is 9.53 Å². The number of carbonyl (C=O) groups is 1. The SMILES string of the molecule is CCOc1ccccc1CN1CCN(CCN2CCNC2=O)C(C)C1. The highest BCUT2D eigenvalue weighted by atomic mass is 16.5. The number of piperazine rings is 1. The molecule has 1 atom stereocenters. The Morgan fingerprint density at radius 2 is 2.04 bits per heavy atom. The lowest BCUT2D eigenvalue weighted by atomic mass is 10.1. The van der Waals surface area contributed by atoms with E-state index in [1.54, 1.807) is 0 Å². The van der Waals surface area contributed by atoms with Crippen molar-refractivity contribution in [3.8, 4) is 5.75 Å². The minimum absolute atomic E-state index is 0.0822. The van der Waals surface area contributed by atoms with Gasteiger partial charge in [0.15, 0.2) is 0 Å². The standard InChI is InChI=1S/C19H30N4O2/c1-3-25-18-7-5-4-6-17(18)15-21-10-11-22(16(2)14-21)12-13-23-9-8-20-19(23)24/h4-7,16H,3,8-15H2,1-2H3,(H,20,24). The van der Waals surface area contributed by atoms with Crippen LogP contribution in [-0.4, -0.2) is 79.2 Å². The summed E-state index contributed by atoms with van der Waals surface area (Å²) in [5.41, 5.74) is 1.26. The van der Waals surface area contributed by atoms with E-state index < -0.39 is 0 Å². The fourth-order valence-electron chi connectivity index (χ4n) is 3.69. The lowest BCUT2D eigenvalue weighted by Crippen LogP contribution is -2.53. The average molecular weight is 346 g/mol. The Hall–Kier alpha value is -1.79. The van der Waals surface area contributed by atoms with Crippen LogP contribution < -0.4 is 10.1 Å². The second kappa shape index (κ2) is 8.54. The summed E-state index contributed by atoms with van der Waals surface area (Å²) >= 11 is 0. The Bertz CT molecular complexity index is 580. The Kier molecular flexibility index (Phi) is 6.15. The van der Waals surface area contributed by atoms with E-state index in [1.807, 2.05) is 17.9 Å². The van der Waals surface area contributed by atoms with Gasteiger partial charge in [0.05, 0.1) is 6.61 Å².